The van der Waals surface area contributed by atoms with Gasteiger partial charge in [0.2, 0.25) is 0 Å². The lowest BCUT2D eigenvalue weighted by atomic mass is 10.1. The minimum absolute atomic E-state index is 0. The zero-order chi connectivity index (χ0) is 16.8. The molecule has 2 aromatic carbocycles. The van der Waals surface area contributed by atoms with Crippen molar-refractivity contribution < 1.29 is 13.9 Å². The Kier molecular flexibility index (Phi) is 7.76. The molecule has 0 heterocycles. The lowest BCUT2D eigenvalue weighted by Crippen LogP contribution is -2.22. The molecule has 2 rings (SSSR count). The summed E-state index contributed by atoms with van der Waals surface area (Å²) in [5.74, 6) is 0.761. The first-order valence-corrected chi connectivity index (χ1v) is 7.07. The van der Waals surface area contributed by atoms with E-state index in [9.17, 15) is 4.39 Å². The van der Waals surface area contributed by atoms with E-state index < -0.39 is 5.82 Å². The molecule has 2 aromatic rings. The fourth-order valence-electron chi connectivity index (χ4n) is 2.15. The molecule has 0 fully saturated rings. The number of hydrogen-bond acceptors (Lipinski definition) is 3. The van der Waals surface area contributed by atoms with Crippen molar-refractivity contribution >= 4 is 35.6 Å². The molecule has 130 valence electrons. The second kappa shape index (κ2) is 9.31. The lowest BCUT2D eigenvalue weighted by Gasteiger charge is -2.09. The van der Waals surface area contributed by atoms with Gasteiger partial charge in [0, 0.05) is 11.8 Å². The zero-order valence-electron chi connectivity index (χ0n) is 13.8. The van der Waals surface area contributed by atoms with Gasteiger partial charge in [0.05, 0.1) is 20.8 Å². The average Bonchev–Trinajstić information content (AvgIpc) is 2.53. The molecule has 0 saturated carbocycles. The Morgan fingerprint density at radius 1 is 1.12 bits per heavy atom. The van der Waals surface area contributed by atoms with E-state index >= 15 is 0 Å². The lowest BCUT2D eigenvalue weighted by molar-refractivity contribution is 0.387. The van der Waals surface area contributed by atoms with Crippen LogP contribution in [-0.2, 0) is 6.54 Å². The third-order valence-corrected chi connectivity index (χ3v) is 3.32. The van der Waals surface area contributed by atoms with Crippen LogP contribution in [0.1, 0.15) is 11.1 Å². The molecule has 5 nitrogen and oxygen atoms in total. The highest BCUT2D eigenvalue weighted by Gasteiger charge is 2.04. The number of methoxy groups -OCH3 is 2. The number of halogens is 2. The number of rotatable bonds is 5. The number of aliphatic imine (C=N–C) groups is 1. The van der Waals surface area contributed by atoms with Gasteiger partial charge in [-0.1, -0.05) is 12.1 Å². The van der Waals surface area contributed by atoms with Crippen molar-refractivity contribution in [2.45, 2.75) is 13.5 Å². The van der Waals surface area contributed by atoms with E-state index in [1.54, 1.807) is 13.2 Å². The molecule has 0 unspecified atom stereocenters. The van der Waals surface area contributed by atoms with Crippen LogP contribution in [0.15, 0.2) is 41.4 Å². The number of anilines is 1. The maximum atomic E-state index is 13.6. The Balaban J connectivity index is 0.00000288. The summed E-state index contributed by atoms with van der Waals surface area (Å²) in [6.07, 6.45) is 0. The van der Waals surface area contributed by atoms with Crippen molar-refractivity contribution in [1.29, 1.82) is 0 Å². The van der Waals surface area contributed by atoms with Gasteiger partial charge in [0.25, 0.3) is 0 Å². The molecule has 0 aliphatic rings. The van der Waals surface area contributed by atoms with E-state index in [-0.39, 0.29) is 35.7 Å². The normalized spacial score (nSPS) is 10.8. The van der Waals surface area contributed by atoms with Gasteiger partial charge in [0.15, 0.2) is 17.5 Å². The highest BCUT2D eigenvalue weighted by atomic mass is 127. The molecule has 7 heteroatoms. The van der Waals surface area contributed by atoms with E-state index in [1.165, 1.54) is 19.2 Å². The predicted octanol–water partition coefficient (Wildman–Crippen LogP) is 3.70. The number of nitrogens with two attached hydrogens (primary N) is 1. The second-order valence-electron chi connectivity index (χ2n) is 4.98. The summed E-state index contributed by atoms with van der Waals surface area (Å²) in [5.41, 5.74) is 8.38. The Bertz CT molecular complexity index is 723. The molecule has 0 atom stereocenters. The van der Waals surface area contributed by atoms with E-state index in [4.69, 9.17) is 15.2 Å². The van der Waals surface area contributed by atoms with Crippen LogP contribution in [0.25, 0.3) is 0 Å². The molecule has 0 aliphatic carbocycles. The van der Waals surface area contributed by atoms with Gasteiger partial charge in [0.1, 0.15) is 5.75 Å². The van der Waals surface area contributed by atoms with Gasteiger partial charge >= 0.3 is 0 Å². The maximum absolute atomic E-state index is 13.6. The van der Waals surface area contributed by atoms with Crippen molar-refractivity contribution in [3.63, 3.8) is 0 Å². The van der Waals surface area contributed by atoms with Crippen molar-refractivity contribution in [2.75, 3.05) is 19.5 Å². The van der Waals surface area contributed by atoms with E-state index in [1.807, 2.05) is 25.1 Å². The fraction of sp³-hybridized carbons (Fsp3) is 0.235. The molecule has 3 N–H and O–H groups in total. The topological polar surface area (TPSA) is 68.9 Å². The highest BCUT2D eigenvalue weighted by Crippen LogP contribution is 2.21. The van der Waals surface area contributed by atoms with Crippen LogP contribution >= 0.6 is 24.0 Å². The summed E-state index contributed by atoms with van der Waals surface area (Å²) in [5, 5.41) is 2.85. The van der Waals surface area contributed by atoms with E-state index in [0.717, 1.165) is 16.9 Å². The molecule has 0 bridgehead atoms. The zero-order valence-corrected chi connectivity index (χ0v) is 16.1. The third kappa shape index (κ3) is 5.26. The average molecular weight is 445 g/mol. The molecular weight excluding hydrogens is 424 g/mol. The Labute approximate surface area is 158 Å². The minimum Gasteiger partial charge on any atom is -0.496 e. The van der Waals surface area contributed by atoms with Gasteiger partial charge in [-0.15, -0.1) is 24.0 Å². The number of nitrogens with one attached hydrogen (secondary N) is 1. The first kappa shape index (κ1) is 20.0. The SMILES string of the molecule is COc1ccc(CN=C(N)Nc2ccc(OC)c(F)c2)cc1C.I. The Morgan fingerprint density at radius 3 is 2.38 bits per heavy atom. The van der Waals surface area contributed by atoms with Crippen molar-refractivity contribution in [3.8, 4) is 11.5 Å². The van der Waals surface area contributed by atoms with Crippen molar-refractivity contribution in [3.05, 3.63) is 53.3 Å². The first-order valence-electron chi connectivity index (χ1n) is 7.07. The summed E-state index contributed by atoms with van der Waals surface area (Å²) in [6, 6.07) is 10.3. The van der Waals surface area contributed by atoms with Crippen LogP contribution in [0.5, 0.6) is 11.5 Å². The predicted molar refractivity (Wildman–Crippen MR) is 105 cm³/mol. The van der Waals surface area contributed by atoms with Gasteiger partial charge < -0.3 is 20.5 Å². The summed E-state index contributed by atoms with van der Waals surface area (Å²) >= 11 is 0. The standard InChI is InChI=1S/C17H20FN3O2.HI/c1-11-8-12(4-6-15(11)22-2)10-20-17(19)21-13-5-7-16(23-3)14(18)9-13;/h4-9H,10H2,1-3H3,(H3,19,20,21);1H. The largest absolute Gasteiger partial charge is 0.496 e. The van der Waals surface area contributed by atoms with Gasteiger partial charge in [-0.25, -0.2) is 9.38 Å². The summed E-state index contributed by atoms with van der Waals surface area (Å²) in [6.45, 7) is 2.39. The molecule has 0 amide bonds. The van der Waals surface area contributed by atoms with Gasteiger partial charge in [-0.3, -0.25) is 0 Å². The van der Waals surface area contributed by atoms with E-state index in [0.29, 0.717) is 12.2 Å². The van der Waals surface area contributed by atoms with Crippen LogP contribution in [-0.4, -0.2) is 20.2 Å². The first-order chi connectivity index (χ1) is 11.0. The summed E-state index contributed by atoms with van der Waals surface area (Å²) < 4.78 is 23.7. The van der Waals surface area contributed by atoms with Crippen LogP contribution in [0, 0.1) is 12.7 Å². The summed E-state index contributed by atoms with van der Waals surface area (Å²) in [7, 11) is 3.05. The number of aryl methyl sites for hydroxylation is 1. The third-order valence-electron chi connectivity index (χ3n) is 3.32. The molecule has 0 aliphatic heterocycles. The minimum atomic E-state index is -0.462. The maximum Gasteiger partial charge on any atom is 0.193 e. The molecule has 0 aromatic heterocycles. The molecule has 24 heavy (non-hydrogen) atoms. The Morgan fingerprint density at radius 2 is 1.79 bits per heavy atom. The van der Waals surface area contributed by atoms with Crippen LogP contribution in [0.3, 0.4) is 0 Å². The quantitative estimate of drug-likeness (QED) is 0.419. The van der Waals surface area contributed by atoms with Crippen LogP contribution < -0.4 is 20.5 Å². The van der Waals surface area contributed by atoms with Crippen LogP contribution in [0.4, 0.5) is 10.1 Å². The second-order valence-corrected chi connectivity index (χ2v) is 4.98. The molecule has 0 radical (unpaired) electrons. The Hall–Kier alpha value is -2.03. The van der Waals surface area contributed by atoms with Gasteiger partial charge in [-0.05, 0) is 36.2 Å². The monoisotopic (exact) mass is 445 g/mol. The van der Waals surface area contributed by atoms with Gasteiger partial charge in [-0.2, -0.15) is 0 Å². The number of guanidine groups is 1. The molecule has 0 saturated heterocycles. The summed E-state index contributed by atoms with van der Waals surface area (Å²) in [4.78, 5) is 4.25. The molecule has 0 spiro atoms. The van der Waals surface area contributed by atoms with Crippen molar-refractivity contribution in [1.82, 2.24) is 0 Å². The van der Waals surface area contributed by atoms with Crippen LogP contribution in [0.2, 0.25) is 0 Å². The number of ether oxygens (including phenoxy) is 2. The highest BCUT2D eigenvalue weighted by molar-refractivity contribution is 14.0. The number of nitrogens with zero attached hydrogens (tertiary/aromatic N) is 1. The smallest absolute Gasteiger partial charge is 0.193 e. The number of hydrogen-bond donors (Lipinski definition) is 2. The number of benzene rings is 2. The van der Waals surface area contributed by atoms with Crippen molar-refractivity contribution in [2.24, 2.45) is 10.7 Å². The fourth-order valence-corrected chi connectivity index (χ4v) is 2.15. The molecular formula is C17H21FIN3O2. The van der Waals surface area contributed by atoms with E-state index in [2.05, 4.69) is 10.3 Å².